The van der Waals surface area contributed by atoms with Crippen LogP contribution in [0.25, 0.3) is 0 Å². The Balaban J connectivity index is 2.18. The molecule has 0 bridgehead atoms. The van der Waals surface area contributed by atoms with E-state index in [0.717, 1.165) is 43.5 Å². The van der Waals surface area contributed by atoms with Crippen molar-refractivity contribution in [3.05, 3.63) is 47.2 Å². The van der Waals surface area contributed by atoms with E-state index in [4.69, 9.17) is 4.74 Å². The molecule has 1 aliphatic rings. The fourth-order valence-corrected chi connectivity index (χ4v) is 3.60. The lowest BCUT2D eigenvalue weighted by Crippen LogP contribution is -2.59. The molecule has 0 aliphatic heterocycles. The highest BCUT2D eigenvalue weighted by Crippen LogP contribution is 2.21. The number of benzene rings is 1. The first-order chi connectivity index (χ1) is 15.8. The topological polar surface area (TPSA) is 87.7 Å². The third-order valence-electron chi connectivity index (χ3n) is 5.50. The molecule has 0 unspecified atom stereocenters. The first-order valence-corrected chi connectivity index (χ1v) is 11.5. The Bertz CT molecular complexity index is 939. The molecule has 0 heterocycles. The van der Waals surface area contributed by atoms with Gasteiger partial charge in [0.1, 0.15) is 29.3 Å². The van der Waals surface area contributed by atoms with Crippen LogP contribution in [0.2, 0.25) is 0 Å². The number of halogens is 2. The summed E-state index contributed by atoms with van der Waals surface area (Å²) in [4.78, 5) is 39.6. The van der Waals surface area contributed by atoms with E-state index in [1.165, 1.54) is 11.0 Å². The zero-order valence-corrected chi connectivity index (χ0v) is 20.6. The van der Waals surface area contributed by atoms with Crippen molar-refractivity contribution in [2.24, 2.45) is 0 Å². The summed E-state index contributed by atoms with van der Waals surface area (Å²) in [5.74, 6) is -2.35. The normalized spacial score (nSPS) is 14.1. The van der Waals surface area contributed by atoms with Crippen molar-refractivity contribution in [2.45, 2.75) is 77.9 Å². The molecule has 9 heteroatoms. The smallest absolute Gasteiger partial charge is 0.408 e. The summed E-state index contributed by atoms with van der Waals surface area (Å²) in [6, 6.07) is 3.23. The van der Waals surface area contributed by atoms with E-state index in [1.807, 2.05) is 6.08 Å². The summed E-state index contributed by atoms with van der Waals surface area (Å²) in [5, 5.41) is 5.31. The van der Waals surface area contributed by atoms with Crippen LogP contribution in [-0.2, 0) is 20.7 Å². The van der Waals surface area contributed by atoms with Gasteiger partial charge in [-0.3, -0.25) is 9.59 Å². The van der Waals surface area contributed by atoms with Gasteiger partial charge in [0.05, 0.1) is 0 Å². The number of amides is 3. The second-order valence-electron chi connectivity index (χ2n) is 9.87. The molecule has 188 valence electrons. The van der Waals surface area contributed by atoms with Gasteiger partial charge in [-0.05, 0) is 78.4 Å². The molecule has 0 aromatic heterocycles. The van der Waals surface area contributed by atoms with Crippen molar-refractivity contribution in [1.29, 1.82) is 0 Å². The van der Waals surface area contributed by atoms with Crippen LogP contribution in [0.1, 0.15) is 65.9 Å². The summed E-state index contributed by atoms with van der Waals surface area (Å²) < 4.78 is 32.6. The van der Waals surface area contributed by atoms with Crippen LogP contribution < -0.4 is 10.6 Å². The SMILES string of the molecule is CC(C)(C)OC(=O)NCC(=O)N(CCc1ccc(F)cc1F)C(C)(C)C(=O)NC1=CCCCC1. The van der Waals surface area contributed by atoms with Crippen molar-refractivity contribution in [3.8, 4) is 0 Å². The number of ether oxygens (including phenoxy) is 1. The lowest BCUT2D eigenvalue weighted by atomic mass is 9.98. The standard InChI is InChI=1S/C25H35F2N3O4/c1-24(2,3)34-23(33)28-16-21(31)30(14-13-17-11-12-18(26)15-20(17)27)25(4,5)22(32)29-19-9-7-6-8-10-19/h9,11-12,15H,6-8,10,13-14,16H2,1-5H3,(H,28,33)(H,29,32). The fourth-order valence-electron chi connectivity index (χ4n) is 3.60. The van der Waals surface area contributed by atoms with Gasteiger partial charge in [-0.1, -0.05) is 12.1 Å². The van der Waals surface area contributed by atoms with Crippen LogP contribution >= 0.6 is 0 Å². The molecule has 0 spiro atoms. The molecule has 3 amide bonds. The Labute approximate surface area is 199 Å². The molecule has 1 aliphatic carbocycles. The lowest BCUT2D eigenvalue weighted by Gasteiger charge is -2.38. The second kappa shape index (κ2) is 11.4. The van der Waals surface area contributed by atoms with Crippen LogP contribution in [0.3, 0.4) is 0 Å². The maximum atomic E-state index is 14.2. The Kier molecular flexibility index (Phi) is 9.18. The number of hydrogen-bond acceptors (Lipinski definition) is 4. The van der Waals surface area contributed by atoms with Crippen LogP contribution in [-0.4, -0.2) is 47.0 Å². The Morgan fingerprint density at radius 1 is 1.09 bits per heavy atom. The molecule has 0 radical (unpaired) electrons. The van der Waals surface area contributed by atoms with Crippen molar-refractivity contribution in [1.82, 2.24) is 15.5 Å². The first kappa shape index (κ1) is 27.3. The zero-order valence-electron chi connectivity index (χ0n) is 20.6. The van der Waals surface area contributed by atoms with Crippen molar-refractivity contribution in [3.63, 3.8) is 0 Å². The predicted octanol–water partition coefficient (Wildman–Crippen LogP) is 4.21. The van der Waals surface area contributed by atoms with Gasteiger partial charge in [-0.2, -0.15) is 0 Å². The number of alkyl carbamates (subject to hydrolysis) is 1. The largest absolute Gasteiger partial charge is 0.444 e. The van der Waals surface area contributed by atoms with Gasteiger partial charge in [0, 0.05) is 18.3 Å². The first-order valence-electron chi connectivity index (χ1n) is 11.5. The maximum Gasteiger partial charge on any atom is 0.408 e. The minimum atomic E-state index is -1.30. The average Bonchev–Trinajstić information content (AvgIpc) is 2.73. The van der Waals surface area contributed by atoms with Crippen molar-refractivity contribution < 1.29 is 27.9 Å². The summed E-state index contributed by atoms with van der Waals surface area (Å²) >= 11 is 0. The summed E-state index contributed by atoms with van der Waals surface area (Å²) in [6.07, 6.45) is 4.93. The highest BCUT2D eigenvalue weighted by atomic mass is 19.1. The number of allylic oxidation sites excluding steroid dienone is 2. The molecule has 0 saturated carbocycles. The van der Waals surface area contributed by atoms with Gasteiger partial charge in [-0.15, -0.1) is 0 Å². The molecule has 2 rings (SSSR count). The molecule has 0 fully saturated rings. The Morgan fingerprint density at radius 3 is 2.38 bits per heavy atom. The number of rotatable bonds is 8. The highest BCUT2D eigenvalue weighted by Gasteiger charge is 2.38. The number of nitrogens with one attached hydrogen (secondary N) is 2. The molecule has 7 nitrogen and oxygen atoms in total. The van der Waals surface area contributed by atoms with E-state index in [2.05, 4.69) is 10.6 Å². The molecule has 1 aromatic carbocycles. The number of nitrogens with zero attached hydrogens (tertiary/aromatic N) is 1. The van der Waals surface area contributed by atoms with Gasteiger partial charge in [0.25, 0.3) is 0 Å². The van der Waals surface area contributed by atoms with Gasteiger partial charge >= 0.3 is 6.09 Å². The molecule has 34 heavy (non-hydrogen) atoms. The van der Waals surface area contributed by atoms with Gasteiger partial charge < -0.3 is 20.3 Å². The van der Waals surface area contributed by atoms with E-state index in [9.17, 15) is 23.2 Å². The van der Waals surface area contributed by atoms with Crippen molar-refractivity contribution >= 4 is 17.9 Å². The van der Waals surface area contributed by atoms with Gasteiger partial charge in [0.2, 0.25) is 11.8 Å². The number of hydrogen-bond donors (Lipinski definition) is 2. The Morgan fingerprint density at radius 2 is 1.79 bits per heavy atom. The van der Waals surface area contributed by atoms with E-state index < -0.39 is 41.3 Å². The fraction of sp³-hybridized carbons (Fsp3) is 0.560. The van der Waals surface area contributed by atoms with Crippen LogP contribution in [0, 0.1) is 11.6 Å². The van der Waals surface area contributed by atoms with Crippen LogP contribution in [0.5, 0.6) is 0 Å². The molecule has 2 N–H and O–H groups in total. The van der Waals surface area contributed by atoms with Crippen LogP contribution in [0.15, 0.2) is 30.0 Å². The molecule has 1 aromatic rings. The van der Waals surface area contributed by atoms with Gasteiger partial charge in [0.15, 0.2) is 0 Å². The third kappa shape index (κ3) is 8.11. The average molecular weight is 480 g/mol. The van der Waals surface area contributed by atoms with E-state index in [0.29, 0.717) is 0 Å². The monoisotopic (exact) mass is 479 g/mol. The van der Waals surface area contributed by atoms with E-state index >= 15 is 0 Å². The minimum Gasteiger partial charge on any atom is -0.444 e. The number of carbonyl (C=O) groups is 3. The molecular formula is C25H35F2N3O4. The Hall–Kier alpha value is -2.97. The summed E-state index contributed by atoms with van der Waals surface area (Å²) in [6.45, 7) is 7.87. The minimum absolute atomic E-state index is 0.0170. The molecular weight excluding hydrogens is 444 g/mol. The summed E-state index contributed by atoms with van der Waals surface area (Å²) in [5.41, 5.74) is -1.01. The lowest BCUT2D eigenvalue weighted by molar-refractivity contribution is -0.145. The zero-order chi connectivity index (χ0) is 25.5. The number of carbonyl (C=O) groups excluding carboxylic acids is 3. The molecule has 0 saturated heterocycles. The maximum absolute atomic E-state index is 14.2. The predicted molar refractivity (Wildman–Crippen MR) is 125 cm³/mol. The van der Waals surface area contributed by atoms with E-state index in [1.54, 1.807) is 34.6 Å². The van der Waals surface area contributed by atoms with Gasteiger partial charge in [-0.25, -0.2) is 13.6 Å². The quantitative estimate of drug-likeness (QED) is 0.585. The van der Waals surface area contributed by atoms with Crippen LogP contribution in [0.4, 0.5) is 13.6 Å². The van der Waals surface area contributed by atoms with E-state index in [-0.39, 0.29) is 24.4 Å². The highest BCUT2D eigenvalue weighted by molar-refractivity contribution is 5.93. The molecule has 0 atom stereocenters. The second-order valence-corrected chi connectivity index (χ2v) is 9.87. The third-order valence-corrected chi connectivity index (χ3v) is 5.50. The summed E-state index contributed by atoms with van der Waals surface area (Å²) in [7, 11) is 0. The van der Waals surface area contributed by atoms with Crippen molar-refractivity contribution in [2.75, 3.05) is 13.1 Å².